The van der Waals surface area contributed by atoms with Crippen LogP contribution in [0.1, 0.15) is 28.7 Å². The molecule has 2 aliphatic heterocycles. The summed E-state index contributed by atoms with van der Waals surface area (Å²) in [6.07, 6.45) is 0. The Labute approximate surface area is 170 Å². The van der Waals surface area contributed by atoms with Crippen LogP contribution in [0, 0.1) is 13.8 Å². The second kappa shape index (κ2) is 7.91. The van der Waals surface area contributed by atoms with Crippen molar-refractivity contribution in [3.8, 4) is 17.2 Å². The van der Waals surface area contributed by atoms with Crippen LogP contribution in [0.25, 0.3) is 5.69 Å². The fourth-order valence-electron chi connectivity index (χ4n) is 4.12. The standard InChI is InChI=1S/C22H27N3O4/c1-15-12-19(20(27)14-23-6-8-24(9-7-23)17(3)26)16(2)25(15)18-4-5-21-22(13-18)29-11-10-28-21/h4-5,12-13H,6-11,14H2,1-3H3. The normalized spacial score (nSPS) is 16.7. The third-order valence-electron chi connectivity index (χ3n) is 5.70. The molecule has 0 unspecified atom stereocenters. The maximum Gasteiger partial charge on any atom is 0.219 e. The van der Waals surface area contributed by atoms with Crippen molar-refractivity contribution in [2.45, 2.75) is 20.8 Å². The molecule has 7 nitrogen and oxygen atoms in total. The van der Waals surface area contributed by atoms with Gasteiger partial charge in [0.05, 0.1) is 6.54 Å². The van der Waals surface area contributed by atoms with E-state index in [4.69, 9.17) is 9.47 Å². The lowest BCUT2D eigenvalue weighted by molar-refractivity contribution is -0.130. The highest BCUT2D eigenvalue weighted by atomic mass is 16.6. The predicted molar refractivity (Wildman–Crippen MR) is 109 cm³/mol. The van der Waals surface area contributed by atoms with E-state index in [0.29, 0.717) is 32.8 Å². The monoisotopic (exact) mass is 397 g/mol. The number of fused-ring (bicyclic) bond motifs is 1. The molecule has 7 heteroatoms. The van der Waals surface area contributed by atoms with E-state index in [1.807, 2.05) is 43.0 Å². The van der Waals surface area contributed by atoms with Gasteiger partial charge in [-0.3, -0.25) is 14.5 Å². The Morgan fingerprint density at radius 1 is 0.966 bits per heavy atom. The van der Waals surface area contributed by atoms with Crippen molar-refractivity contribution in [3.05, 3.63) is 41.2 Å². The van der Waals surface area contributed by atoms with E-state index in [-0.39, 0.29) is 11.7 Å². The lowest BCUT2D eigenvalue weighted by Gasteiger charge is -2.33. The Hall–Kier alpha value is -2.80. The quantitative estimate of drug-likeness (QED) is 0.741. The van der Waals surface area contributed by atoms with E-state index < -0.39 is 0 Å². The highest BCUT2D eigenvalue weighted by Crippen LogP contribution is 2.33. The van der Waals surface area contributed by atoms with Crippen LogP contribution in [0.4, 0.5) is 0 Å². The van der Waals surface area contributed by atoms with Gasteiger partial charge in [0.15, 0.2) is 17.3 Å². The first-order chi connectivity index (χ1) is 13.9. The van der Waals surface area contributed by atoms with Gasteiger partial charge in [-0.1, -0.05) is 0 Å². The van der Waals surface area contributed by atoms with E-state index in [9.17, 15) is 9.59 Å². The molecule has 2 aliphatic rings. The second-order valence-electron chi connectivity index (χ2n) is 7.65. The highest BCUT2D eigenvalue weighted by molar-refractivity contribution is 5.99. The fraction of sp³-hybridized carbons (Fsp3) is 0.455. The van der Waals surface area contributed by atoms with Crippen molar-refractivity contribution < 1.29 is 19.1 Å². The van der Waals surface area contributed by atoms with Crippen LogP contribution in [0.3, 0.4) is 0 Å². The summed E-state index contributed by atoms with van der Waals surface area (Å²) in [5.74, 6) is 1.69. The second-order valence-corrected chi connectivity index (χ2v) is 7.65. The number of Topliss-reactive ketones (excluding diaryl/α,β-unsaturated/α-hetero) is 1. The van der Waals surface area contributed by atoms with Gasteiger partial charge in [0.1, 0.15) is 13.2 Å². The van der Waals surface area contributed by atoms with E-state index in [0.717, 1.165) is 47.2 Å². The third kappa shape index (κ3) is 3.87. The SMILES string of the molecule is CC(=O)N1CCN(CC(=O)c2cc(C)n(-c3ccc4c(c3)OCCO4)c2C)CC1. The van der Waals surface area contributed by atoms with Gasteiger partial charge < -0.3 is 18.9 Å². The van der Waals surface area contributed by atoms with Gasteiger partial charge >= 0.3 is 0 Å². The zero-order chi connectivity index (χ0) is 20.5. The molecule has 29 heavy (non-hydrogen) atoms. The summed E-state index contributed by atoms with van der Waals surface area (Å²) in [6.45, 7) is 9.87. The van der Waals surface area contributed by atoms with Crippen LogP contribution in [-0.4, -0.2) is 72.0 Å². The van der Waals surface area contributed by atoms with E-state index in [2.05, 4.69) is 9.47 Å². The number of carbonyl (C=O) groups excluding carboxylic acids is 2. The third-order valence-corrected chi connectivity index (χ3v) is 5.70. The Bertz CT molecular complexity index is 942. The minimum Gasteiger partial charge on any atom is -0.486 e. The molecule has 1 fully saturated rings. The first kappa shape index (κ1) is 19.5. The molecular formula is C22H27N3O4. The van der Waals surface area contributed by atoms with Gasteiger partial charge in [-0.05, 0) is 32.0 Å². The average molecular weight is 397 g/mol. The number of aryl methyl sites for hydroxylation is 1. The van der Waals surface area contributed by atoms with Crippen molar-refractivity contribution in [1.29, 1.82) is 0 Å². The molecule has 154 valence electrons. The van der Waals surface area contributed by atoms with Crippen LogP contribution in [0.15, 0.2) is 24.3 Å². The van der Waals surface area contributed by atoms with Crippen LogP contribution in [0.5, 0.6) is 11.5 Å². The van der Waals surface area contributed by atoms with Crippen molar-refractivity contribution in [2.75, 3.05) is 45.9 Å². The predicted octanol–water partition coefficient (Wildman–Crippen LogP) is 2.21. The summed E-state index contributed by atoms with van der Waals surface area (Å²) >= 11 is 0. The summed E-state index contributed by atoms with van der Waals surface area (Å²) < 4.78 is 13.4. The van der Waals surface area contributed by atoms with Crippen LogP contribution < -0.4 is 9.47 Å². The van der Waals surface area contributed by atoms with Crippen molar-refractivity contribution in [3.63, 3.8) is 0 Å². The van der Waals surface area contributed by atoms with Gasteiger partial charge in [-0.25, -0.2) is 0 Å². The number of ketones is 1. The maximum atomic E-state index is 13.0. The first-order valence-corrected chi connectivity index (χ1v) is 10.0. The number of aromatic nitrogens is 1. The molecule has 1 saturated heterocycles. The van der Waals surface area contributed by atoms with Crippen LogP contribution in [-0.2, 0) is 4.79 Å². The Kier molecular flexibility index (Phi) is 5.32. The minimum atomic E-state index is 0.0963. The molecule has 2 aromatic rings. The number of piperazine rings is 1. The Morgan fingerprint density at radius 3 is 2.34 bits per heavy atom. The number of rotatable bonds is 4. The molecular weight excluding hydrogens is 370 g/mol. The van der Waals surface area contributed by atoms with Gasteiger partial charge in [-0.15, -0.1) is 0 Å². The summed E-state index contributed by atoms with van der Waals surface area (Å²) in [5.41, 5.74) is 3.63. The summed E-state index contributed by atoms with van der Waals surface area (Å²) in [4.78, 5) is 28.4. The van der Waals surface area contributed by atoms with E-state index >= 15 is 0 Å². The number of ether oxygens (including phenoxy) is 2. The minimum absolute atomic E-state index is 0.0963. The van der Waals surface area contributed by atoms with Crippen LogP contribution in [0.2, 0.25) is 0 Å². The van der Waals surface area contributed by atoms with Crippen LogP contribution >= 0.6 is 0 Å². The highest BCUT2D eigenvalue weighted by Gasteiger charge is 2.23. The summed E-state index contributed by atoms with van der Waals surface area (Å²) in [5, 5.41) is 0. The van der Waals surface area contributed by atoms with Crippen molar-refractivity contribution in [2.24, 2.45) is 0 Å². The Balaban J connectivity index is 1.51. The van der Waals surface area contributed by atoms with E-state index in [1.54, 1.807) is 6.92 Å². The lowest BCUT2D eigenvalue weighted by atomic mass is 10.1. The fourth-order valence-corrected chi connectivity index (χ4v) is 4.12. The first-order valence-electron chi connectivity index (χ1n) is 10.0. The van der Waals surface area contributed by atoms with Gasteiger partial charge in [0.25, 0.3) is 0 Å². The molecule has 0 spiro atoms. The number of nitrogens with zero attached hydrogens (tertiary/aromatic N) is 3. The smallest absolute Gasteiger partial charge is 0.219 e. The average Bonchev–Trinajstić information content (AvgIpc) is 3.02. The van der Waals surface area contributed by atoms with E-state index in [1.165, 1.54) is 0 Å². The lowest BCUT2D eigenvalue weighted by Crippen LogP contribution is -2.49. The summed E-state index contributed by atoms with van der Waals surface area (Å²) in [6, 6.07) is 7.82. The van der Waals surface area contributed by atoms with Gasteiger partial charge in [0.2, 0.25) is 5.91 Å². The zero-order valence-corrected chi connectivity index (χ0v) is 17.2. The van der Waals surface area contributed by atoms with Gasteiger partial charge in [0, 0.05) is 61.8 Å². The molecule has 0 saturated carbocycles. The molecule has 0 bridgehead atoms. The molecule has 0 N–H and O–H groups in total. The molecule has 3 heterocycles. The topological polar surface area (TPSA) is 64.0 Å². The number of hydrogen-bond donors (Lipinski definition) is 0. The van der Waals surface area contributed by atoms with Gasteiger partial charge in [-0.2, -0.15) is 0 Å². The summed E-state index contributed by atoms with van der Waals surface area (Å²) in [7, 11) is 0. The Morgan fingerprint density at radius 2 is 1.66 bits per heavy atom. The molecule has 0 atom stereocenters. The molecule has 1 amide bonds. The maximum absolute atomic E-state index is 13.0. The number of carbonyl (C=O) groups is 2. The molecule has 4 rings (SSSR count). The zero-order valence-electron chi connectivity index (χ0n) is 17.2. The molecule has 1 aromatic carbocycles. The molecule has 0 radical (unpaired) electrons. The number of benzene rings is 1. The number of hydrogen-bond acceptors (Lipinski definition) is 5. The van der Waals surface area contributed by atoms with Crippen molar-refractivity contribution >= 4 is 11.7 Å². The largest absolute Gasteiger partial charge is 0.486 e. The molecule has 1 aromatic heterocycles. The number of amides is 1. The molecule has 0 aliphatic carbocycles. The van der Waals surface area contributed by atoms with Crippen molar-refractivity contribution in [1.82, 2.24) is 14.4 Å².